The highest BCUT2D eigenvalue weighted by Crippen LogP contribution is 2.13. The van der Waals surface area contributed by atoms with Crippen molar-refractivity contribution in [2.45, 2.75) is 70.6 Å². The topological polar surface area (TPSA) is 79.9 Å². The van der Waals surface area contributed by atoms with Crippen molar-refractivity contribution in [2.75, 3.05) is 32.9 Å². The van der Waals surface area contributed by atoms with E-state index in [1.807, 2.05) is 25.7 Å². The molecule has 0 unspecified atom stereocenters. The molecule has 2 heterocycles. The molecule has 0 spiro atoms. The number of rotatable bonds is 5. The first-order valence-corrected chi connectivity index (χ1v) is 9.39. The smallest absolute Gasteiger partial charge is 0.317 e. The van der Waals surface area contributed by atoms with Gasteiger partial charge >= 0.3 is 6.03 Å². The van der Waals surface area contributed by atoms with E-state index in [9.17, 15) is 9.59 Å². The minimum Gasteiger partial charge on any atom is -0.381 e. The number of amides is 3. The lowest BCUT2D eigenvalue weighted by Crippen LogP contribution is -2.53. The zero-order valence-electron chi connectivity index (χ0n) is 15.8. The summed E-state index contributed by atoms with van der Waals surface area (Å²) in [6.45, 7) is 9.22. The van der Waals surface area contributed by atoms with Crippen molar-refractivity contribution in [2.24, 2.45) is 0 Å². The van der Waals surface area contributed by atoms with Crippen molar-refractivity contribution in [1.29, 1.82) is 0 Å². The van der Waals surface area contributed by atoms with Gasteiger partial charge in [0.05, 0.1) is 12.7 Å². The molecule has 25 heavy (non-hydrogen) atoms. The summed E-state index contributed by atoms with van der Waals surface area (Å²) >= 11 is 0. The molecule has 2 rings (SSSR count). The van der Waals surface area contributed by atoms with Gasteiger partial charge in [0, 0.05) is 44.3 Å². The average Bonchev–Trinajstić information content (AvgIpc) is 2.55. The molecule has 0 bridgehead atoms. The standard InChI is InChI=1S/C18H33N3O4/c1-18(2,3)20-17(23)21-9-4-14(5-10-21)19-16(22)8-13-25-15-6-11-24-12-7-15/h14-15H,4-13H2,1-3H3,(H,19,22)(H,20,23). The summed E-state index contributed by atoms with van der Waals surface area (Å²) in [6, 6.07) is 0.122. The average molecular weight is 355 g/mol. The molecule has 7 heteroatoms. The fourth-order valence-corrected chi connectivity index (χ4v) is 3.09. The Kier molecular flexibility index (Phi) is 7.50. The van der Waals surface area contributed by atoms with Gasteiger partial charge in [0.25, 0.3) is 0 Å². The highest BCUT2D eigenvalue weighted by Gasteiger charge is 2.26. The molecule has 0 saturated carbocycles. The van der Waals surface area contributed by atoms with E-state index in [1.165, 1.54) is 0 Å². The van der Waals surface area contributed by atoms with Crippen LogP contribution in [0.1, 0.15) is 52.9 Å². The second-order valence-corrected chi connectivity index (χ2v) is 7.94. The van der Waals surface area contributed by atoms with E-state index in [0.717, 1.165) is 38.9 Å². The number of nitrogens with one attached hydrogen (secondary N) is 2. The van der Waals surface area contributed by atoms with E-state index in [2.05, 4.69) is 10.6 Å². The van der Waals surface area contributed by atoms with Crippen LogP contribution >= 0.6 is 0 Å². The minimum atomic E-state index is -0.230. The lowest BCUT2D eigenvalue weighted by Gasteiger charge is -2.34. The second kappa shape index (κ2) is 9.38. The van der Waals surface area contributed by atoms with Gasteiger partial charge in [0.15, 0.2) is 0 Å². The molecule has 2 saturated heterocycles. The normalized spacial score (nSPS) is 20.4. The molecule has 2 fully saturated rings. The summed E-state index contributed by atoms with van der Waals surface area (Å²) < 4.78 is 11.0. The molecule has 0 aliphatic carbocycles. The third-order valence-corrected chi connectivity index (χ3v) is 4.48. The van der Waals surface area contributed by atoms with Gasteiger partial charge in [-0.15, -0.1) is 0 Å². The number of hydrogen-bond acceptors (Lipinski definition) is 4. The Bertz CT molecular complexity index is 436. The van der Waals surface area contributed by atoms with Crippen LogP contribution in [0.4, 0.5) is 4.79 Å². The van der Waals surface area contributed by atoms with Gasteiger partial charge in [-0.05, 0) is 46.5 Å². The number of nitrogens with zero attached hydrogens (tertiary/aromatic N) is 1. The molecule has 0 aromatic rings. The van der Waals surface area contributed by atoms with E-state index in [-0.39, 0.29) is 29.6 Å². The maximum absolute atomic E-state index is 12.1. The predicted molar refractivity (Wildman–Crippen MR) is 95.4 cm³/mol. The zero-order chi connectivity index (χ0) is 18.3. The lowest BCUT2D eigenvalue weighted by atomic mass is 10.0. The summed E-state index contributed by atoms with van der Waals surface area (Å²) in [6.07, 6.45) is 4.04. The number of hydrogen-bond donors (Lipinski definition) is 2. The second-order valence-electron chi connectivity index (χ2n) is 7.94. The SMILES string of the molecule is CC(C)(C)NC(=O)N1CCC(NC(=O)CCOC2CCOCC2)CC1. The first kappa shape index (κ1) is 20.0. The van der Waals surface area contributed by atoms with Crippen molar-refractivity contribution in [1.82, 2.24) is 15.5 Å². The third kappa shape index (κ3) is 7.61. The summed E-state index contributed by atoms with van der Waals surface area (Å²) in [5.74, 6) is 0.0321. The predicted octanol–water partition coefficient (Wildman–Crippen LogP) is 1.66. The number of piperidine rings is 1. The first-order valence-electron chi connectivity index (χ1n) is 9.39. The highest BCUT2D eigenvalue weighted by molar-refractivity contribution is 5.77. The van der Waals surface area contributed by atoms with Crippen molar-refractivity contribution < 1.29 is 19.1 Å². The molecule has 144 valence electrons. The van der Waals surface area contributed by atoms with Crippen LogP contribution in [-0.2, 0) is 14.3 Å². The van der Waals surface area contributed by atoms with E-state index >= 15 is 0 Å². The van der Waals surface area contributed by atoms with Crippen LogP contribution in [0.5, 0.6) is 0 Å². The maximum atomic E-state index is 12.1. The molecular weight excluding hydrogens is 322 g/mol. The quantitative estimate of drug-likeness (QED) is 0.786. The van der Waals surface area contributed by atoms with Crippen molar-refractivity contribution >= 4 is 11.9 Å². The monoisotopic (exact) mass is 355 g/mol. The van der Waals surface area contributed by atoms with Crippen LogP contribution in [0.2, 0.25) is 0 Å². The molecule has 0 aromatic carbocycles. The summed E-state index contributed by atoms with van der Waals surface area (Å²) in [5.41, 5.74) is -0.230. The van der Waals surface area contributed by atoms with Crippen molar-refractivity contribution in [3.05, 3.63) is 0 Å². The molecule has 7 nitrogen and oxygen atoms in total. The minimum absolute atomic E-state index is 0.0258. The Morgan fingerprint density at radius 2 is 1.76 bits per heavy atom. The first-order chi connectivity index (χ1) is 11.8. The molecule has 0 atom stereocenters. The summed E-state index contributed by atoms with van der Waals surface area (Å²) in [7, 11) is 0. The van der Waals surface area contributed by atoms with Crippen molar-refractivity contribution in [3.8, 4) is 0 Å². The number of urea groups is 1. The molecular formula is C18H33N3O4. The Labute approximate surface area is 150 Å². The Hall–Kier alpha value is -1.34. The molecule has 2 N–H and O–H groups in total. The molecule has 2 aliphatic rings. The van der Waals surface area contributed by atoms with Gasteiger partial charge in [-0.3, -0.25) is 4.79 Å². The van der Waals surface area contributed by atoms with Crippen LogP contribution in [0.15, 0.2) is 0 Å². The molecule has 0 aromatic heterocycles. The molecule has 0 radical (unpaired) electrons. The van der Waals surface area contributed by atoms with E-state index in [4.69, 9.17) is 9.47 Å². The van der Waals surface area contributed by atoms with Gasteiger partial charge in [0.1, 0.15) is 0 Å². The summed E-state index contributed by atoms with van der Waals surface area (Å²) in [4.78, 5) is 26.0. The lowest BCUT2D eigenvalue weighted by molar-refractivity contribution is -0.124. The van der Waals surface area contributed by atoms with Gasteiger partial charge in [0.2, 0.25) is 5.91 Å². The van der Waals surface area contributed by atoms with Crippen LogP contribution in [0, 0.1) is 0 Å². The fraction of sp³-hybridized carbons (Fsp3) is 0.889. The number of likely N-dealkylation sites (tertiary alicyclic amines) is 1. The maximum Gasteiger partial charge on any atom is 0.317 e. The zero-order valence-corrected chi connectivity index (χ0v) is 15.8. The van der Waals surface area contributed by atoms with Crippen LogP contribution in [0.25, 0.3) is 0 Å². The van der Waals surface area contributed by atoms with E-state index in [0.29, 0.717) is 26.1 Å². The fourth-order valence-electron chi connectivity index (χ4n) is 3.09. The van der Waals surface area contributed by atoms with Crippen LogP contribution < -0.4 is 10.6 Å². The summed E-state index contributed by atoms with van der Waals surface area (Å²) in [5, 5.41) is 6.04. The largest absolute Gasteiger partial charge is 0.381 e. The van der Waals surface area contributed by atoms with Gasteiger partial charge in [-0.25, -0.2) is 4.79 Å². The Balaban J connectivity index is 1.59. The van der Waals surface area contributed by atoms with Gasteiger partial charge in [-0.1, -0.05) is 0 Å². The van der Waals surface area contributed by atoms with Crippen molar-refractivity contribution in [3.63, 3.8) is 0 Å². The Morgan fingerprint density at radius 3 is 2.36 bits per heavy atom. The third-order valence-electron chi connectivity index (χ3n) is 4.48. The van der Waals surface area contributed by atoms with E-state index in [1.54, 1.807) is 0 Å². The van der Waals surface area contributed by atoms with Gasteiger partial charge in [-0.2, -0.15) is 0 Å². The molecule has 3 amide bonds. The molecule has 2 aliphatic heterocycles. The van der Waals surface area contributed by atoms with Crippen LogP contribution in [0.3, 0.4) is 0 Å². The van der Waals surface area contributed by atoms with Gasteiger partial charge < -0.3 is 25.0 Å². The van der Waals surface area contributed by atoms with E-state index < -0.39 is 0 Å². The number of carbonyl (C=O) groups is 2. The Morgan fingerprint density at radius 1 is 1.12 bits per heavy atom. The number of carbonyl (C=O) groups excluding carboxylic acids is 2. The number of ether oxygens (including phenoxy) is 2. The van der Waals surface area contributed by atoms with Crippen LogP contribution in [-0.4, -0.2) is 67.4 Å². The highest BCUT2D eigenvalue weighted by atomic mass is 16.5.